The van der Waals surface area contributed by atoms with E-state index in [2.05, 4.69) is 51.4 Å². The Balaban J connectivity index is 1.58. The van der Waals surface area contributed by atoms with Crippen molar-refractivity contribution in [2.45, 2.75) is 38.4 Å². The van der Waals surface area contributed by atoms with E-state index in [1.165, 1.54) is 12.8 Å². The summed E-state index contributed by atoms with van der Waals surface area (Å²) < 4.78 is 0. The molecule has 2 aliphatic rings. The molecule has 1 atom stereocenters. The molecule has 104 valence electrons. The highest BCUT2D eigenvalue weighted by Gasteiger charge is 2.22. The van der Waals surface area contributed by atoms with Crippen LogP contribution in [0.15, 0.2) is 12.1 Å². The molecule has 5 heteroatoms. The Bertz CT molecular complexity index is 414. The molecule has 0 aromatic carbocycles. The lowest BCUT2D eigenvalue weighted by Gasteiger charge is -2.38. The molecule has 5 nitrogen and oxygen atoms in total. The molecule has 0 amide bonds. The number of nitrogens with zero attached hydrogens (tertiary/aromatic N) is 4. The summed E-state index contributed by atoms with van der Waals surface area (Å²) >= 11 is 0. The van der Waals surface area contributed by atoms with Gasteiger partial charge in [-0.25, -0.2) is 0 Å². The summed E-state index contributed by atoms with van der Waals surface area (Å²) in [7, 11) is 2.18. The predicted octanol–water partition coefficient (Wildman–Crippen LogP) is 0.869. The largest absolute Gasteiger partial charge is 0.352 e. The van der Waals surface area contributed by atoms with Crippen molar-refractivity contribution in [2.75, 3.05) is 31.6 Å². The topological polar surface area (TPSA) is 44.3 Å². The number of hydrogen-bond donors (Lipinski definition) is 1. The van der Waals surface area contributed by atoms with Gasteiger partial charge in [0.05, 0.1) is 5.69 Å². The van der Waals surface area contributed by atoms with E-state index in [4.69, 9.17) is 0 Å². The summed E-state index contributed by atoms with van der Waals surface area (Å²) in [6, 6.07) is 5.50. The van der Waals surface area contributed by atoms with Crippen LogP contribution >= 0.6 is 0 Å². The van der Waals surface area contributed by atoms with Crippen molar-refractivity contribution in [3.63, 3.8) is 0 Å². The van der Waals surface area contributed by atoms with E-state index in [9.17, 15) is 0 Å². The summed E-state index contributed by atoms with van der Waals surface area (Å²) in [5.41, 5.74) is 1.04. The Labute approximate surface area is 115 Å². The van der Waals surface area contributed by atoms with E-state index in [1.807, 2.05) is 0 Å². The highest BCUT2D eigenvalue weighted by molar-refractivity contribution is 5.38. The monoisotopic (exact) mass is 261 g/mol. The number of anilines is 1. The van der Waals surface area contributed by atoms with E-state index in [1.54, 1.807) is 0 Å². The molecule has 1 saturated carbocycles. The first-order valence-corrected chi connectivity index (χ1v) is 7.23. The van der Waals surface area contributed by atoms with Crippen LogP contribution in [-0.2, 0) is 6.54 Å². The van der Waals surface area contributed by atoms with Crippen LogP contribution in [0.2, 0.25) is 0 Å². The fraction of sp³-hybridized carbons (Fsp3) is 0.714. The zero-order chi connectivity index (χ0) is 13.2. The second kappa shape index (κ2) is 5.43. The quantitative estimate of drug-likeness (QED) is 0.871. The van der Waals surface area contributed by atoms with Gasteiger partial charge in [0.25, 0.3) is 0 Å². The Morgan fingerprint density at radius 1 is 1.26 bits per heavy atom. The number of hydrogen-bond acceptors (Lipinski definition) is 5. The summed E-state index contributed by atoms with van der Waals surface area (Å²) in [5.74, 6) is 1.01. The lowest BCUT2D eigenvalue weighted by molar-refractivity contribution is 0.233. The van der Waals surface area contributed by atoms with Gasteiger partial charge in [0.1, 0.15) is 0 Å². The molecule has 1 aliphatic heterocycles. The Hall–Kier alpha value is -1.20. The first kappa shape index (κ1) is 12.8. The van der Waals surface area contributed by atoms with Crippen LogP contribution in [0, 0.1) is 0 Å². The van der Waals surface area contributed by atoms with Gasteiger partial charge >= 0.3 is 0 Å². The average molecular weight is 261 g/mol. The molecular weight excluding hydrogens is 238 g/mol. The highest BCUT2D eigenvalue weighted by Crippen LogP contribution is 2.19. The first-order chi connectivity index (χ1) is 9.22. The molecule has 1 unspecified atom stereocenters. The van der Waals surface area contributed by atoms with Crippen LogP contribution in [0.25, 0.3) is 0 Å². The fourth-order valence-electron chi connectivity index (χ4n) is 2.41. The number of piperazine rings is 1. The molecule has 19 heavy (non-hydrogen) atoms. The summed E-state index contributed by atoms with van der Waals surface area (Å²) in [6.07, 6.45) is 2.62. The molecule has 1 aliphatic carbocycles. The van der Waals surface area contributed by atoms with Gasteiger partial charge in [0.2, 0.25) is 0 Å². The maximum absolute atomic E-state index is 4.38. The third-order valence-corrected chi connectivity index (χ3v) is 4.14. The molecular formula is C14H23N5. The van der Waals surface area contributed by atoms with Crippen LogP contribution in [-0.4, -0.2) is 53.9 Å². The van der Waals surface area contributed by atoms with Crippen LogP contribution < -0.4 is 10.2 Å². The normalized spacial score (nSPS) is 24.7. The predicted molar refractivity (Wildman–Crippen MR) is 76.2 cm³/mol. The van der Waals surface area contributed by atoms with Crippen molar-refractivity contribution in [3.8, 4) is 0 Å². The molecule has 1 N–H and O–H groups in total. The summed E-state index contributed by atoms with van der Waals surface area (Å²) in [4.78, 5) is 4.72. The number of rotatable bonds is 4. The zero-order valence-corrected chi connectivity index (χ0v) is 11.8. The van der Waals surface area contributed by atoms with Gasteiger partial charge in [-0.1, -0.05) is 0 Å². The van der Waals surface area contributed by atoms with E-state index in [-0.39, 0.29) is 0 Å². The molecule has 1 aromatic heterocycles. The van der Waals surface area contributed by atoms with Gasteiger partial charge in [-0.15, -0.1) is 5.10 Å². The minimum absolute atomic E-state index is 0.576. The highest BCUT2D eigenvalue weighted by atomic mass is 15.3. The summed E-state index contributed by atoms with van der Waals surface area (Å²) in [6.45, 7) is 6.26. The van der Waals surface area contributed by atoms with Gasteiger partial charge < -0.3 is 15.1 Å². The van der Waals surface area contributed by atoms with E-state index >= 15 is 0 Å². The van der Waals surface area contributed by atoms with Crippen molar-refractivity contribution in [1.29, 1.82) is 0 Å². The van der Waals surface area contributed by atoms with Crippen molar-refractivity contribution >= 4 is 5.82 Å². The van der Waals surface area contributed by atoms with Gasteiger partial charge in [0, 0.05) is 38.3 Å². The fourth-order valence-corrected chi connectivity index (χ4v) is 2.41. The third-order valence-electron chi connectivity index (χ3n) is 4.14. The molecule has 2 fully saturated rings. The second-order valence-corrected chi connectivity index (χ2v) is 5.81. The molecule has 3 rings (SSSR count). The van der Waals surface area contributed by atoms with Crippen LogP contribution in [0.1, 0.15) is 25.5 Å². The van der Waals surface area contributed by atoms with Gasteiger partial charge in [0.15, 0.2) is 5.82 Å². The van der Waals surface area contributed by atoms with Crippen LogP contribution in [0.4, 0.5) is 5.82 Å². The molecule has 2 heterocycles. The van der Waals surface area contributed by atoms with Crippen molar-refractivity contribution in [3.05, 3.63) is 17.8 Å². The Morgan fingerprint density at radius 3 is 2.74 bits per heavy atom. The van der Waals surface area contributed by atoms with E-state index in [0.29, 0.717) is 6.04 Å². The van der Waals surface area contributed by atoms with Gasteiger partial charge in [-0.3, -0.25) is 0 Å². The molecule has 1 saturated heterocycles. The van der Waals surface area contributed by atoms with Crippen molar-refractivity contribution < 1.29 is 0 Å². The molecule has 0 bridgehead atoms. The van der Waals surface area contributed by atoms with E-state index in [0.717, 1.165) is 43.7 Å². The zero-order valence-electron chi connectivity index (χ0n) is 11.8. The van der Waals surface area contributed by atoms with Crippen molar-refractivity contribution in [2.24, 2.45) is 0 Å². The Morgan fingerprint density at radius 2 is 2.11 bits per heavy atom. The minimum atomic E-state index is 0.576. The third kappa shape index (κ3) is 3.22. The molecule has 0 spiro atoms. The number of nitrogens with one attached hydrogen (secondary N) is 1. The lowest BCUT2D eigenvalue weighted by atomic mass is 10.2. The number of aromatic nitrogens is 2. The van der Waals surface area contributed by atoms with Crippen molar-refractivity contribution in [1.82, 2.24) is 20.4 Å². The SMILES string of the molecule is CC1CN(c2ccc(CNC3CC3)nn2)CCN1C. The first-order valence-electron chi connectivity index (χ1n) is 7.23. The van der Waals surface area contributed by atoms with Crippen LogP contribution in [0.5, 0.6) is 0 Å². The lowest BCUT2D eigenvalue weighted by Crippen LogP contribution is -2.50. The summed E-state index contributed by atoms with van der Waals surface area (Å²) in [5, 5.41) is 12.2. The smallest absolute Gasteiger partial charge is 0.151 e. The van der Waals surface area contributed by atoms with Gasteiger partial charge in [-0.05, 0) is 38.9 Å². The van der Waals surface area contributed by atoms with E-state index < -0.39 is 0 Å². The average Bonchev–Trinajstić information content (AvgIpc) is 3.24. The maximum Gasteiger partial charge on any atom is 0.151 e. The standard InChI is InChI=1S/C14H23N5/c1-11-10-19(8-7-18(11)2)14-6-5-13(16-17-14)9-15-12-3-4-12/h5-6,11-12,15H,3-4,7-10H2,1-2H3. The maximum atomic E-state index is 4.38. The van der Waals surface area contributed by atoms with Crippen LogP contribution in [0.3, 0.4) is 0 Å². The number of likely N-dealkylation sites (N-methyl/N-ethyl adjacent to an activating group) is 1. The minimum Gasteiger partial charge on any atom is -0.352 e. The Kier molecular flexibility index (Phi) is 3.66. The van der Waals surface area contributed by atoms with Gasteiger partial charge in [-0.2, -0.15) is 5.10 Å². The molecule has 0 radical (unpaired) electrons. The second-order valence-electron chi connectivity index (χ2n) is 5.81. The molecule has 1 aromatic rings.